The van der Waals surface area contributed by atoms with Crippen molar-refractivity contribution >= 4 is 11.5 Å². The molecule has 7 nitrogen and oxygen atoms in total. The predicted octanol–water partition coefficient (Wildman–Crippen LogP) is 2.21. The van der Waals surface area contributed by atoms with Gasteiger partial charge >= 0.3 is 5.69 Å². The first-order chi connectivity index (χ1) is 9.52. The maximum absolute atomic E-state index is 11.1. The van der Waals surface area contributed by atoms with Crippen molar-refractivity contribution < 1.29 is 4.92 Å². The minimum absolute atomic E-state index is 0.0226. The van der Waals surface area contributed by atoms with Gasteiger partial charge in [-0.05, 0) is 19.4 Å². The zero-order valence-electron chi connectivity index (χ0n) is 11.8. The lowest BCUT2D eigenvalue weighted by molar-refractivity contribution is -0.384. The molecule has 2 rings (SSSR count). The summed E-state index contributed by atoms with van der Waals surface area (Å²) in [4.78, 5) is 14.7. The van der Waals surface area contributed by atoms with Gasteiger partial charge in [-0.25, -0.2) is 4.98 Å². The van der Waals surface area contributed by atoms with Crippen LogP contribution < -0.4 is 5.32 Å². The fraction of sp³-hybridized carbons (Fsp3) is 0.385. The molecule has 2 aromatic rings. The fourth-order valence-corrected chi connectivity index (χ4v) is 2.12. The summed E-state index contributed by atoms with van der Waals surface area (Å²) in [5.74, 6) is 0.293. The molecule has 0 aliphatic heterocycles. The van der Waals surface area contributed by atoms with Gasteiger partial charge in [-0.3, -0.25) is 14.8 Å². The predicted molar refractivity (Wildman–Crippen MR) is 75.5 cm³/mol. The van der Waals surface area contributed by atoms with Gasteiger partial charge in [0.25, 0.3) is 0 Å². The molecule has 0 aliphatic carbocycles. The molecule has 106 valence electrons. The van der Waals surface area contributed by atoms with E-state index in [1.54, 1.807) is 23.9 Å². The van der Waals surface area contributed by atoms with Gasteiger partial charge < -0.3 is 5.32 Å². The van der Waals surface area contributed by atoms with Crippen LogP contribution in [0.25, 0.3) is 0 Å². The van der Waals surface area contributed by atoms with Crippen molar-refractivity contribution in [3.8, 4) is 0 Å². The molecule has 0 aliphatic rings. The summed E-state index contributed by atoms with van der Waals surface area (Å²) in [7, 11) is 1.86. The number of hydrogen-bond acceptors (Lipinski definition) is 5. The number of aryl methyl sites for hydroxylation is 3. The molecule has 2 aromatic heterocycles. The van der Waals surface area contributed by atoms with Crippen molar-refractivity contribution in [2.45, 2.75) is 26.8 Å². The topological polar surface area (TPSA) is 85.9 Å². The molecule has 0 saturated heterocycles. The molecule has 0 unspecified atom stereocenters. The third kappa shape index (κ3) is 2.76. The van der Waals surface area contributed by atoms with E-state index in [0.717, 1.165) is 17.7 Å². The minimum Gasteiger partial charge on any atom is -0.360 e. The van der Waals surface area contributed by atoms with E-state index in [-0.39, 0.29) is 5.69 Å². The Hall–Kier alpha value is -2.44. The zero-order valence-corrected chi connectivity index (χ0v) is 11.8. The number of anilines is 1. The van der Waals surface area contributed by atoms with E-state index >= 15 is 0 Å². The molecule has 0 bridgehead atoms. The SMILES string of the molecule is CCc1nn(C)cc1CNc1nccc(C)c1[N+](=O)[O-]. The van der Waals surface area contributed by atoms with Gasteiger partial charge in [-0.1, -0.05) is 6.92 Å². The summed E-state index contributed by atoms with van der Waals surface area (Å²) < 4.78 is 1.74. The largest absolute Gasteiger partial charge is 0.360 e. The number of nitrogens with one attached hydrogen (secondary N) is 1. The van der Waals surface area contributed by atoms with Crippen LogP contribution in [0.4, 0.5) is 11.5 Å². The van der Waals surface area contributed by atoms with Crippen LogP contribution in [-0.2, 0) is 20.0 Å². The van der Waals surface area contributed by atoms with Gasteiger partial charge in [0.2, 0.25) is 5.82 Å². The first kappa shape index (κ1) is 14.0. The van der Waals surface area contributed by atoms with E-state index in [1.807, 2.05) is 20.2 Å². The van der Waals surface area contributed by atoms with Crippen LogP contribution in [0.1, 0.15) is 23.7 Å². The second kappa shape index (κ2) is 5.68. The number of nitro groups is 1. The van der Waals surface area contributed by atoms with Crippen molar-refractivity contribution in [2.75, 3.05) is 5.32 Å². The molecule has 1 N–H and O–H groups in total. The van der Waals surface area contributed by atoms with Crippen molar-refractivity contribution in [1.82, 2.24) is 14.8 Å². The number of pyridine rings is 1. The van der Waals surface area contributed by atoms with Gasteiger partial charge in [0, 0.05) is 37.1 Å². The highest BCUT2D eigenvalue weighted by Crippen LogP contribution is 2.26. The Balaban J connectivity index is 2.23. The van der Waals surface area contributed by atoms with Gasteiger partial charge in [-0.2, -0.15) is 5.10 Å². The molecule has 0 spiro atoms. The van der Waals surface area contributed by atoms with E-state index < -0.39 is 4.92 Å². The molecule has 0 saturated carbocycles. The number of aromatic nitrogens is 3. The second-order valence-electron chi connectivity index (χ2n) is 4.56. The lowest BCUT2D eigenvalue weighted by Gasteiger charge is -2.07. The van der Waals surface area contributed by atoms with Crippen LogP contribution >= 0.6 is 0 Å². The summed E-state index contributed by atoms with van der Waals surface area (Å²) >= 11 is 0. The van der Waals surface area contributed by atoms with Crippen LogP contribution in [0, 0.1) is 17.0 Å². The summed E-state index contributed by atoms with van der Waals surface area (Å²) in [5, 5.41) is 18.5. The molecule has 2 heterocycles. The average molecular weight is 275 g/mol. The summed E-state index contributed by atoms with van der Waals surface area (Å²) in [6.07, 6.45) is 4.29. The maximum atomic E-state index is 11.1. The van der Waals surface area contributed by atoms with Crippen LogP contribution in [0.2, 0.25) is 0 Å². The minimum atomic E-state index is -0.408. The smallest absolute Gasteiger partial charge is 0.314 e. The second-order valence-corrected chi connectivity index (χ2v) is 4.56. The highest BCUT2D eigenvalue weighted by atomic mass is 16.6. The number of nitrogens with zero attached hydrogens (tertiary/aromatic N) is 4. The summed E-state index contributed by atoms with van der Waals surface area (Å²) in [6, 6.07) is 1.63. The van der Waals surface area contributed by atoms with E-state index in [9.17, 15) is 10.1 Å². The van der Waals surface area contributed by atoms with E-state index in [4.69, 9.17) is 0 Å². The van der Waals surface area contributed by atoms with E-state index in [2.05, 4.69) is 15.4 Å². The molecular formula is C13H17N5O2. The van der Waals surface area contributed by atoms with Crippen molar-refractivity contribution in [3.63, 3.8) is 0 Å². The highest BCUT2D eigenvalue weighted by molar-refractivity contribution is 5.59. The Kier molecular flexibility index (Phi) is 3.97. The lowest BCUT2D eigenvalue weighted by atomic mass is 10.2. The van der Waals surface area contributed by atoms with Gasteiger partial charge in [-0.15, -0.1) is 0 Å². The summed E-state index contributed by atoms with van der Waals surface area (Å²) in [6.45, 7) is 4.19. The van der Waals surface area contributed by atoms with E-state index in [0.29, 0.717) is 17.9 Å². The van der Waals surface area contributed by atoms with Gasteiger partial charge in [0.1, 0.15) is 0 Å². The quantitative estimate of drug-likeness (QED) is 0.667. The Bertz CT molecular complexity index is 636. The highest BCUT2D eigenvalue weighted by Gasteiger charge is 2.18. The van der Waals surface area contributed by atoms with Crippen molar-refractivity contribution in [2.24, 2.45) is 7.05 Å². The monoisotopic (exact) mass is 275 g/mol. The third-order valence-electron chi connectivity index (χ3n) is 3.08. The molecular weight excluding hydrogens is 258 g/mol. The molecule has 20 heavy (non-hydrogen) atoms. The standard InChI is InChI=1S/C13H17N5O2/c1-4-11-10(8-17(3)16-11)7-15-13-12(18(19)20)9(2)5-6-14-13/h5-6,8H,4,7H2,1-3H3,(H,14,15). The third-order valence-corrected chi connectivity index (χ3v) is 3.08. The fourth-order valence-electron chi connectivity index (χ4n) is 2.12. The van der Waals surface area contributed by atoms with Crippen LogP contribution in [-0.4, -0.2) is 19.7 Å². The molecule has 0 fully saturated rings. The first-order valence-electron chi connectivity index (χ1n) is 6.38. The summed E-state index contributed by atoms with van der Waals surface area (Å²) in [5.41, 5.74) is 2.62. The average Bonchev–Trinajstić information content (AvgIpc) is 2.76. The number of rotatable bonds is 5. The zero-order chi connectivity index (χ0) is 14.7. The Morgan fingerprint density at radius 2 is 2.25 bits per heavy atom. The maximum Gasteiger partial charge on any atom is 0.314 e. The van der Waals surface area contributed by atoms with Crippen LogP contribution in [0.3, 0.4) is 0 Å². The number of hydrogen-bond donors (Lipinski definition) is 1. The first-order valence-corrected chi connectivity index (χ1v) is 6.38. The molecule has 0 amide bonds. The molecule has 0 aromatic carbocycles. The molecule has 7 heteroatoms. The van der Waals surface area contributed by atoms with Gasteiger partial charge in [0.05, 0.1) is 10.6 Å². The lowest BCUT2D eigenvalue weighted by Crippen LogP contribution is -2.06. The Labute approximate surface area is 116 Å². The molecule has 0 radical (unpaired) electrons. The Morgan fingerprint density at radius 1 is 1.50 bits per heavy atom. The Morgan fingerprint density at radius 3 is 2.90 bits per heavy atom. The van der Waals surface area contributed by atoms with Crippen LogP contribution in [0.5, 0.6) is 0 Å². The normalized spacial score (nSPS) is 10.6. The van der Waals surface area contributed by atoms with Crippen LogP contribution in [0.15, 0.2) is 18.5 Å². The molecule has 0 atom stereocenters. The van der Waals surface area contributed by atoms with Crippen molar-refractivity contribution in [1.29, 1.82) is 0 Å². The van der Waals surface area contributed by atoms with E-state index in [1.165, 1.54) is 0 Å². The van der Waals surface area contributed by atoms with Crippen molar-refractivity contribution in [3.05, 3.63) is 45.4 Å². The van der Waals surface area contributed by atoms with Gasteiger partial charge in [0.15, 0.2) is 0 Å².